The second-order valence-corrected chi connectivity index (χ2v) is 11.1. The topological polar surface area (TPSA) is 32.3 Å². The van der Waals surface area contributed by atoms with Gasteiger partial charge in [-0.25, -0.2) is 0 Å². The Morgan fingerprint density at radius 1 is 0.933 bits per heavy atom. The summed E-state index contributed by atoms with van der Waals surface area (Å²) in [6.45, 7) is 14.1. The molecular weight excluding hydrogens is 386 g/mol. The number of hydrogen-bond acceptors (Lipinski definition) is 3. The second-order valence-electron chi connectivity index (χ2n) is 9.95. The third-order valence-electron chi connectivity index (χ3n) is 4.97. The Bertz CT molecular complexity index is 854. The van der Waals surface area contributed by atoms with Crippen LogP contribution < -0.4 is 5.32 Å². The molecule has 0 aliphatic carbocycles. The lowest BCUT2D eigenvalue weighted by Crippen LogP contribution is -2.14. The summed E-state index contributed by atoms with van der Waals surface area (Å²) in [5, 5.41) is 13.4. The average molecular weight is 424 g/mol. The van der Waals surface area contributed by atoms with Gasteiger partial charge in [0.15, 0.2) is 0 Å². The molecule has 0 heterocycles. The van der Waals surface area contributed by atoms with Crippen LogP contribution in [0.3, 0.4) is 0 Å². The summed E-state index contributed by atoms with van der Waals surface area (Å²) in [7, 11) is 0. The number of anilines is 1. The summed E-state index contributed by atoms with van der Waals surface area (Å²) in [5.74, 6) is 0. The van der Waals surface area contributed by atoms with E-state index in [1.54, 1.807) is 11.8 Å². The molecule has 2 nitrogen and oxygen atoms in total. The maximum Gasteiger partial charge on any atom is 0.0841 e. The molecule has 0 fully saturated rings. The molecule has 3 heteroatoms. The van der Waals surface area contributed by atoms with Crippen LogP contribution in [0.4, 0.5) is 5.69 Å². The molecule has 0 saturated heterocycles. The maximum absolute atomic E-state index is 9.90. The second kappa shape index (κ2) is 10.8. The molecule has 30 heavy (non-hydrogen) atoms. The van der Waals surface area contributed by atoms with Crippen LogP contribution >= 0.6 is 11.8 Å². The Hall–Kier alpha value is -2.13. The highest BCUT2D eigenvalue weighted by atomic mass is 32.2. The molecule has 0 spiro atoms. The largest absolute Gasteiger partial charge is 0.515 e. The van der Waals surface area contributed by atoms with Gasteiger partial charge in [0.2, 0.25) is 0 Å². The molecule has 2 rings (SSSR count). The summed E-state index contributed by atoms with van der Waals surface area (Å²) in [4.78, 5) is 2.38. The van der Waals surface area contributed by atoms with Crippen LogP contribution in [0.1, 0.15) is 54.4 Å². The van der Waals surface area contributed by atoms with Crippen molar-refractivity contribution < 1.29 is 5.11 Å². The number of benzene rings is 2. The van der Waals surface area contributed by atoms with E-state index < -0.39 is 0 Å². The number of nitrogens with one attached hydrogen (secondary N) is 1. The molecule has 0 unspecified atom stereocenters. The van der Waals surface area contributed by atoms with E-state index in [1.807, 2.05) is 12.1 Å². The lowest BCUT2D eigenvalue weighted by atomic mass is 9.79. The van der Waals surface area contributed by atoms with Crippen LogP contribution in [0.2, 0.25) is 0 Å². The first-order valence-corrected chi connectivity index (χ1v) is 11.5. The van der Waals surface area contributed by atoms with Crippen LogP contribution in [0.15, 0.2) is 87.9 Å². The number of aliphatic hydroxyl groups is 1. The number of rotatable bonds is 8. The third-order valence-corrected chi connectivity index (χ3v) is 6.06. The van der Waals surface area contributed by atoms with Gasteiger partial charge in [-0.05, 0) is 47.9 Å². The zero-order valence-electron chi connectivity index (χ0n) is 19.3. The van der Waals surface area contributed by atoms with Crippen molar-refractivity contribution in [2.75, 3.05) is 11.9 Å². The standard InChI is InChI=1S/C27H37NOS/c1-26(2,3)17-16-22(27(4,5)6)18-21(20-29)19-28-24-14-10-11-15-25(24)30-23-12-8-7-9-13-23/h7-15,18,20,28-29H,16-17,19H2,1-6H3/b21-20-,22-18+. The smallest absolute Gasteiger partial charge is 0.0841 e. The molecule has 162 valence electrons. The minimum absolute atomic E-state index is 0.0700. The minimum Gasteiger partial charge on any atom is -0.515 e. The van der Waals surface area contributed by atoms with Gasteiger partial charge >= 0.3 is 0 Å². The molecule has 0 saturated carbocycles. The first-order valence-electron chi connectivity index (χ1n) is 10.7. The van der Waals surface area contributed by atoms with Gasteiger partial charge in [0.1, 0.15) is 0 Å². The zero-order valence-corrected chi connectivity index (χ0v) is 20.1. The van der Waals surface area contributed by atoms with Crippen molar-refractivity contribution in [1.82, 2.24) is 0 Å². The van der Waals surface area contributed by atoms with E-state index >= 15 is 0 Å². The Morgan fingerprint density at radius 3 is 2.17 bits per heavy atom. The van der Waals surface area contributed by atoms with Gasteiger partial charge in [0.25, 0.3) is 0 Å². The molecule has 2 aromatic carbocycles. The quantitative estimate of drug-likeness (QED) is 0.330. The predicted molar refractivity (Wildman–Crippen MR) is 132 cm³/mol. The van der Waals surface area contributed by atoms with Gasteiger partial charge in [0.05, 0.1) is 6.26 Å². The molecule has 2 aromatic rings. The van der Waals surface area contributed by atoms with Crippen LogP contribution in [0, 0.1) is 10.8 Å². The van der Waals surface area contributed by atoms with Crippen LogP contribution in [-0.2, 0) is 0 Å². The van der Waals surface area contributed by atoms with E-state index in [0.29, 0.717) is 12.0 Å². The van der Waals surface area contributed by atoms with Gasteiger partial charge in [-0.3, -0.25) is 0 Å². The number of allylic oxidation sites excluding steroid dienone is 1. The van der Waals surface area contributed by atoms with E-state index in [1.165, 1.54) is 21.6 Å². The summed E-state index contributed by atoms with van der Waals surface area (Å²) >= 11 is 1.74. The minimum atomic E-state index is 0.0700. The van der Waals surface area contributed by atoms with Crippen molar-refractivity contribution in [1.29, 1.82) is 0 Å². The summed E-state index contributed by atoms with van der Waals surface area (Å²) in [6, 6.07) is 18.7. The lowest BCUT2D eigenvalue weighted by Gasteiger charge is -2.27. The van der Waals surface area contributed by atoms with Gasteiger partial charge in [0, 0.05) is 27.6 Å². The van der Waals surface area contributed by atoms with Crippen LogP contribution in [0.25, 0.3) is 0 Å². The van der Waals surface area contributed by atoms with E-state index in [4.69, 9.17) is 0 Å². The van der Waals surface area contributed by atoms with Gasteiger partial charge < -0.3 is 10.4 Å². The van der Waals surface area contributed by atoms with Crippen molar-refractivity contribution in [3.63, 3.8) is 0 Å². The number of hydrogen-bond donors (Lipinski definition) is 2. The van der Waals surface area contributed by atoms with Crippen molar-refractivity contribution in [3.8, 4) is 0 Å². The Kier molecular flexibility index (Phi) is 8.66. The maximum atomic E-state index is 9.90. The molecule has 0 amide bonds. The van der Waals surface area contributed by atoms with E-state index in [0.717, 1.165) is 24.1 Å². The Morgan fingerprint density at radius 2 is 1.57 bits per heavy atom. The molecule has 0 aliphatic heterocycles. The highest BCUT2D eigenvalue weighted by molar-refractivity contribution is 7.99. The molecule has 0 bridgehead atoms. The first kappa shape index (κ1) is 24.1. The molecular formula is C27H37NOS. The molecule has 0 aromatic heterocycles. The van der Waals surface area contributed by atoms with Crippen molar-refractivity contribution >= 4 is 17.4 Å². The monoisotopic (exact) mass is 423 g/mol. The lowest BCUT2D eigenvalue weighted by molar-refractivity contribution is 0.358. The summed E-state index contributed by atoms with van der Waals surface area (Å²) < 4.78 is 0. The summed E-state index contributed by atoms with van der Waals surface area (Å²) in [6.07, 6.45) is 5.57. The van der Waals surface area contributed by atoms with E-state index in [9.17, 15) is 5.11 Å². The fraction of sp³-hybridized carbons (Fsp3) is 0.407. The normalized spacial score (nSPS) is 13.4. The van der Waals surface area contributed by atoms with Crippen molar-refractivity contribution in [2.24, 2.45) is 10.8 Å². The number of aliphatic hydroxyl groups excluding tert-OH is 1. The first-order chi connectivity index (χ1) is 14.1. The van der Waals surface area contributed by atoms with Crippen LogP contribution in [0.5, 0.6) is 0 Å². The average Bonchev–Trinajstić information content (AvgIpc) is 2.67. The number of para-hydroxylation sites is 1. The van der Waals surface area contributed by atoms with E-state index in [-0.39, 0.29) is 5.41 Å². The zero-order chi connectivity index (χ0) is 22.2. The Balaban J connectivity index is 2.13. The van der Waals surface area contributed by atoms with Crippen molar-refractivity contribution in [3.05, 3.63) is 78.1 Å². The van der Waals surface area contributed by atoms with Gasteiger partial charge in [-0.1, -0.05) is 95.3 Å². The van der Waals surface area contributed by atoms with Gasteiger partial charge in [-0.15, -0.1) is 0 Å². The SMILES string of the molecule is CC(C)(C)CC/C(=C\C(=C\O)CNc1ccccc1Sc1ccccc1)C(C)(C)C. The summed E-state index contributed by atoms with van der Waals surface area (Å²) in [5.41, 5.74) is 3.70. The highest BCUT2D eigenvalue weighted by Crippen LogP contribution is 2.35. The highest BCUT2D eigenvalue weighted by Gasteiger charge is 2.20. The molecule has 0 atom stereocenters. The molecule has 2 N–H and O–H groups in total. The fourth-order valence-electron chi connectivity index (χ4n) is 3.05. The fourth-order valence-corrected chi connectivity index (χ4v) is 3.99. The van der Waals surface area contributed by atoms with Crippen LogP contribution in [-0.4, -0.2) is 11.7 Å². The van der Waals surface area contributed by atoms with Gasteiger partial charge in [-0.2, -0.15) is 0 Å². The Labute approximate surface area is 187 Å². The molecule has 0 aliphatic rings. The van der Waals surface area contributed by atoms with Crippen molar-refractivity contribution in [2.45, 2.75) is 64.2 Å². The molecule has 0 radical (unpaired) electrons. The van der Waals surface area contributed by atoms with E-state index in [2.05, 4.69) is 95.4 Å². The third kappa shape index (κ3) is 8.31. The predicted octanol–water partition coefficient (Wildman–Crippen LogP) is 8.49.